The molecule has 1 saturated heterocycles. The lowest BCUT2D eigenvalue weighted by Gasteiger charge is -2.34. The third-order valence-electron chi connectivity index (χ3n) is 4.09. The minimum atomic E-state index is -1.36. The third-order valence-corrected chi connectivity index (χ3v) is 4.34. The van der Waals surface area contributed by atoms with Crippen molar-refractivity contribution in [2.45, 2.75) is 30.7 Å². The van der Waals surface area contributed by atoms with Gasteiger partial charge in [0.25, 0.3) is 0 Å². The molecule has 0 amide bonds. The first-order valence-corrected chi connectivity index (χ1v) is 8.19. The molecule has 1 fully saturated rings. The van der Waals surface area contributed by atoms with E-state index in [0.717, 1.165) is 0 Å². The Morgan fingerprint density at radius 2 is 1.48 bits per heavy atom. The minimum absolute atomic E-state index is 0.129. The summed E-state index contributed by atoms with van der Waals surface area (Å²) in [6.45, 7) is -0.129. The highest BCUT2D eigenvalue weighted by Gasteiger charge is 2.38. The van der Waals surface area contributed by atoms with Gasteiger partial charge in [-0.3, -0.25) is 0 Å². The van der Waals surface area contributed by atoms with Crippen LogP contribution < -0.4 is 4.74 Å². The van der Waals surface area contributed by atoms with E-state index >= 15 is 0 Å². The summed E-state index contributed by atoms with van der Waals surface area (Å²) in [7, 11) is 0. The van der Waals surface area contributed by atoms with Crippen LogP contribution in [-0.2, 0) is 4.74 Å². The predicted octanol–water partition coefficient (Wildman–Crippen LogP) is 1.24. The zero-order valence-corrected chi connectivity index (χ0v) is 14.0. The minimum Gasteiger partial charge on any atom is -0.462 e. The zero-order valence-electron chi connectivity index (χ0n) is 13.2. The highest BCUT2D eigenvalue weighted by molar-refractivity contribution is 6.30. The van der Waals surface area contributed by atoms with Gasteiger partial charge >= 0.3 is 0 Å². The molecule has 5 atom stereocenters. The first-order valence-electron chi connectivity index (χ1n) is 7.81. The number of aliphatic hydroxyl groups excluding tert-OH is 4. The quantitative estimate of drug-likeness (QED) is 0.649. The fourth-order valence-electron chi connectivity index (χ4n) is 2.58. The number of halogens is 1. The van der Waals surface area contributed by atoms with Crippen LogP contribution in [0.3, 0.4) is 0 Å². The monoisotopic (exact) mass is 366 g/mol. The molecule has 1 aliphatic heterocycles. The van der Waals surface area contributed by atoms with Crippen LogP contribution in [0.5, 0.6) is 5.75 Å². The largest absolute Gasteiger partial charge is 0.462 e. The van der Waals surface area contributed by atoms with Gasteiger partial charge in [-0.25, -0.2) is 0 Å². The second-order valence-corrected chi connectivity index (χ2v) is 6.33. The Morgan fingerprint density at radius 1 is 0.920 bits per heavy atom. The summed E-state index contributed by atoms with van der Waals surface area (Å²) in [5.74, 6) is 0.402. The maximum absolute atomic E-state index is 10.4. The van der Waals surface area contributed by atoms with Crippen LogP contribution in [-0.4, -0.2) is 51.6 Å². The van der Waals surface area contributed by atoms with E-state index in [4.69, 9.17) is 21.1 Å². The van der Waals surface area contributed by atoms with Gasteiger partial charge in [-0.15, -0.1) is 0 Å². The molecule has 1 aliphatic rings. The predicted molar refractivity (Wildman–Crippen MR) is 90.3 cm³/mol. The molecule has 3 rings (SSSR count). The molecule has 6 nitrogen and oxygen atoms in total. The van der Waals surface area contributed by atoms with Crippen molar-refractivity contribution in [1.82, 2.24) is 0 Å². The van der Waals surface area contributed by atoms with Crippen molar-refractivity contribution in [3.8, 4) is 5.75 Å². The maximum atomic E-state index is 10.4. The van der Waals surface area contributed by atoms with E-state index in [1.807, 2.05) is 0 Å². The lowest BCUT2D eigenvalue weighted by molar-refractivity contribution is -0.242. The number of aliphatic hydroxyl groups is 4. The van der Waals surface area contributed by atoms with Gasteiger partial charge in [0.2, 0.25) is 6.29 Å². The second kappa shape index (κ2) is 7.70. The van der Waals surface area contributed by atoms with E-state index in [2.05, 4.69) is 0 Å². The number of rotatable bonds is 4. The van der Waals surface area contributed by atoms with Crippen LogP contribution in [0.2, 0.25) is 5.02 Å². The molecule has 0 aromatic heterocycles. The average Bonchev–Trinajstić information content (AvgIpc) is 2.63. The molecule has 25 heavy (non-hydrogen) atoms. The van der Waals surface area contributed by atoms with Crippen molar-refractivity contribution in [3.05, 3.63) is 64.7 Å². The fraction of sp³-hybridized carbons (Fsp3) is 0.333. The normalized spacial score (nSPS) is 27.7. The van der Waals surface area contributed by atoms with Crippen LogP contribution in [0, 0.1) is 0 Å². The highest BCUT2D eigenvalue weighted by Crippen LogP contribution is 2.26. The van der Waals surface area contributed by atoms with Crippen LogP contribution >= 0.6 is 11.6 Å². The lowest BCUT2D eigenvalue weighted by Crippen LogP contribution is -2.54. The lowest BCUT2D eigenvalue weighted by atomic mass is 10.0. The molecule has 2 aromatic carbocycles. The molecule has 0 aliphatic carbocycles. The molecule has 134 valence electrons. The van der Waals surface area contributed by atoms with Crippen molar-refractivity contribution in [2.24, 2.45) is 0 Å². The molecule has 0 radical (unpaired) electrons. The molecular formula is C18H19ClO6. The molecule has 1 heterocycles. The molecule has 1 unspecified atom stereocenters. The summed E-state index contributed by atoms with van der Waals surface area (Å²) in [4.78, 5) is 0. The molecule has 0 spiro atoms. The van der Waals surface area contributed by atoms with Gasteiger partial charge in [-0.05, 0) is 35.4 Å². The Kier molecular flexibility index (Phi) is 5.58. The molecule has 0 bridgehead atoms. The van der Waals surface area contributed by atoms with Crippen LogP contribution in [0.25, 0.3) is 0 Å². The zero-order chi connectivity index (χ0) is 18.0. The first-order chi connectivity index (χ1) is 12.0. The number of benzene rings is 2. The number of hydrogen-bond donors (Lipinski definition) is 4. The maximum Gasteiger partial charge on any atom is 0.228 e. The van der Waals surface area contributed by atoms with Gasteiger partial charge in [0.1, 0.15) is 30.2 Å². The molecular weight excluding hydrogens is 348 g/mol. The van der Waals surface area contributed by atoms with E-state index in [1.54, 1.807) is 48.5 Å². The molecule has 4 N–H and O–H groups in total. The van der Waals surface area contributed by atoms with Crippen LogP contribution in [0.4, 0.5) is 0 Å². The smallest absolute Gasteiger partial charge is 0.228 e. The first kappa shape index (κ1) is 18.1. The summed E-state index contributed by atoms with van der Waals surface area (Å²) < 4.78 is 10.7. The fourth-order valence-corrected chi connectivity index (χ4v) is 2.71. The third kappa shape index (κ3) is 4.12. The van der Waals surface area contributed by atoms with Gasteiger partial charge in [-0.2, -0.15) is 0 Å². The Hall–Kier alpha value is -1.67. The van der Waals surface area contributed by atoms with Crippen molar-refractivity contribution < 1.29 is 29.9 Å². The Morgan fingerprint density at radius 3 is 2.08 bits per heavy atom. The number of ether oxygens (including phenoxy) is 2. The van der Waals surface area contributed by atoms with E-state index in [9.17, 15) is 20.4 Å². The highest BCUT2D eigenvalue weighted by atomic mass is 35.5. The average molecular weight is 367 g/mol. The van der Waals surface area contributed by atoms with Gasteiger partial charge < -0.3 is 29.9 Å². The van der Waals surface area contributed by atoms with Crippen molar-refractivity contribution in [3.63, 3.8) is 0 Å². The van der Waals surface area contributed by atoms with Gasteiger partial charge in [-0.1, -0.05) is 35.9 Å². The van der Waals surface area contributed by atoms with Crippen molar-refractivity contribution in [2.75, 3.05) is 6.61 Å². The summed E-state index contributed by atoms with van der Waals surface area (Å²) in [5, 5.41) is 39.9. The molecule has 2 aromatic rings. The topological polar surface area (TPSA) is 99.4 Å². The summed E-state index contributed by atoms with van der Waals surface area (Å²) in [5.41, 5.74) is 1.37. The Bertz CT molecular complexity index is 690. The SMILES string of the molecule is OC(c1ccc(Cl)cc1)c1ccc(O[C@@H]2OC[C@@H](O)[C@H](O)[C@H]2O)cc1. The van der Waals surface area contributed by atoms with Crippen molar-refractivity contribution >= 4 is 11.6 Å². The van der Waals surface area contributed by atoms with E-state index in [1.165, 1.54) is 0 Å². The summed E-state index contributed by atoms with van der Waals surface area (Å²) in [6.07, 6.45) is -5.72. The van der Waals surface area contributed by atoms with Crippen LogP contribution in [0.1, 0.15) is 17.2 Å². The Balaban J connectivity index is 1.67. The Labute approximate surface area is 149 Å². The van der Waals surface area contributed by atoms with Gasteiger partial charge in [0.15, 0.2) is 0 Å². The van der Waals surface area contributed by atoms with E-state index < -0.39 is 30.7 Å². The second-order valence-electron chi connectivity index (χ2n) is 5.89. The standard InChI is InChI=1S/C18H19ClO6/c19-12-5-1-10(2-6-12)15(21)11-3-7-13(8-4-11)25-18-17(23)16(22)14(20)9-24-18/h1-8,14-18,20-23H,9H2/t14-,15?,16+,17-,18+/m1/s1. The van der Waals surface area contributed by atoms with Gasteiger partial charge in [0, 0.05) is 5.02 Å². The summed E-state index contributed by atoms with van der Waals surface area (Å²) in [6, 6.07) is 13.5. The van der Waals surface area contributed by atoms with Crippen LogP contribution in [0.15, 0.2) is 48.5 Å². The summed E-state index contributed by atoms with van der Waals surface area (Å²) >= 11 is 5.84. The number of hydrogen-bond acceptors (Lipinski definition) is 6. The van der Waals surface area contributed by atoms with E-state index in [0.29, 0.717) is 21.9 Å². The van der Waals surface area contributed by atoms with Crippen molar-refractivity contribution in [1.29, 1.82) is 0 Å². The van der Waals surface area contributed by atoms with Gasteiger partial charge in [0.05, 0.1) is 6.61 Å². The van der Waals surface area contributed by atoms with E-state index in [-0.39, 0.29) is 6.61 Å². The molecule has 0 saturated carbocycles. The molecule has 7 heteroatoms.